The zero-order valence-corrected chi connectivity index (χ0v) is 13.6. The number of carbonyl (C=O) groups is 1. The molecular weight excluding hydrogens is 302 g/mol. The third-order valence-corrected chi connectivity index (χ3v) is 2.49. The smallest absolute Gasteiger partial charge is 0.264 e. The average Bonchev–Trinajstić information content (AvgIpc) is 2.53. The lowest BCUT2D eigenvalue weighted by Crippen LogP contribution is -2.31. The third kappa shape index (κ3) is 7.38. The van der Waals surface area contributed by atoms with E-state index in [4.69, 9.17) is 9.47 Å². The highest BCUT2D eigenvalue weighted by Crippen LogP contribution is 2.08. The highest BCUT2D eigenvalue weighted by molar-refractivity contribution is 5.92. The fraction of sp³-hybridized carbons (Fsp3) is 0.538. The molecule has 10 heteroatoms. The van der Waals surface area contributed by atoms with E-state index in [1.807, 2.05) is 0 Å². The minimum Gasteiger partial charge on any atom is -0.383 e. The summed E-state index contributed by atoms with van der Waals surface area (Å²) < 4.78 is 9.92. The van der Waals surface area contributed by atoms with Gasteiger partial charge in [-0.15, -0.1) is 0 Å². The van der Waals surface area contributed by atoms with Crippen LogP contribution in [0, 0.1) is 0 Å². The summed E-state index contributed by atoms with van der Waals surface area (Å²) in [6.07, 6.45) is 0. The van der Waals surface area contributed by atoms with Crippen molar-refractivity contribution in [2.24, 2.45) is 0 Å². The quantitative estimate of drug-likeness (QED) is 0.253. The van der Waals surface area contributed by atoms with Crippen molar-refractivity contribution in [3.8, 4) is 0 Å². The molecule has 0 aliphatic rings. The van der Waals surface area contributed by atoms with Crippen molar-refractivity contribution in [1.82, 2.24) is 20.4 Å². The number of hydrogen-bond acceptors (Lipinski definition) is 9. The van der Waals surface area contributed by atoms with Gasteiger partial charge < -0.3 is 20.1 Å². The number of hydrogen-bond donors (Lipinski definition) is 4. The Labute approximate surface area is 135 Å². The Balaban J connectivity index is 2.75. The lowest BCUT2D eigenvalue weighted by molar-refractivity contribution is -0.116. The van der Waals surface area contributed by atoms with Gasteiger partial charge in [0.2, 0.25) is 17.8 Å². The standard InChI is InChI=1S/C13H23N7O3/c1-9(2)10(21)19-20-13-17-11(14-5-7-22-3)16-12(18-13)15-6-8-23-4/h1,5-8H2,2-4H3,(H,19,21)(H3,14,15,16,17,18,20). The number of anilines is 3. The lowest BCUT2D eigenvalue weighted by atomic mass is 10.3. The van der Waals surface area contributed by atoms with Gasteiger partial charge in [-0.05, 0) is 6.92 Å². The van der Waals surface area contributed by atoms with Crippen LogP contribution in [-0.2, 0) is 14.3 Å². The Kier molecular flexibility index (Phi) is 8.32. The number of amides is 1. The minimum atomic E-state index is -0.354. The van der Waals surface area contributed by atoms with Gasteiger partial charge in [-0.25, -0.2) is 0 Å². The van der Waals surface area contributed by atoms with Gasteiger partial charge in [0.15, 0.2) is 0 Å². The topological polar surface area (TPSA) is 122 Å². The molecule has 0 spiro atoms. The Hall–Kier alpha value is -2.46. The van der Waals surface area contributed by atoms with Crippen molar-refractivity contribution in [3.05, 3.63) is 12.2 Å². The summed E-state index contributed by atoms with van der Waals surface area (Å²) in [5.41, 5.74) is 5.43. The van der Waals surface area contributed by atoms with Crippen molar-refractivity contribution in [2.75, 3.05) is 56.6 Å². The number of hydrazine groups is 1. The monoisotopic (exact) mass is 325 g/mol. The summed E-state index contributed by atoms with van der Waals surface area (Å²) >= 11 is 0. The normalized spacial score (nSPS) is 10.0. The molecule has 128 valence electrons. The fourth-order valence-corrected chi connectivity index (χ4v) is 1.34. The number of rotatable bonds is 11. The summed E-state index contributed by atoms with van der Waals surface area (Å²) in [6.45, 7) is 7.23. The van der Waals surface area contributed by atoms with E-state index in [-0.39, 0.29) is 11.9 Å². The first-order chi connectivity index (χ1) is 11.1. The molecule has 0 bridgehead atoms. The molecule has 23 heavy (non-hydrogen) atoms. The maximum atomic E-state index is 11.5. The molecule has 0 unspecified atom stereocenters. The number of methoxy groups -OCH3 is 2. The number of nitrogens with zero attached hydrogens (tertiary/aromatic N) is 3. The van der Waals surface area contributed by atoms with Crippen LogP contribution in [0.2, 0.25) is 0 Å². The summed E-state index contributed by atoms with van der Waals surface area (Å²) in [6, 6.07) is 0. The van der Waals surface area contributed by atoms with Crippen LogP contribution >= 0.6 is 0 Å². The molecule has 10 nitrogen and oxygen atoms in total. The SMILES string of the molecule is C=C(C)C(=O)NNc1nc(NCCOC)nc(NCCOC)n1. The van der Waals surface area contributed by atoms with Crippen LogP contribution in [-0.4, -0.2) is 61.4 Å². The van der Waals surface area contributed by atoms with E-state index >= 15 is 0 Å². The summed E-state index contributed by atoms with van der Waals surface area (Å²) in [5.74, 6) is 0.538. The van der Waals surface area contributed by atoms with Crippen LogP contribution in [0.25, 0.3) is 0 Å². The number of ether oxygens (including phenoxy) is 2. The van der Waals surface area contributed by atoms with Crippen LogP contribution in [0.15, 0.2) is 12.2 Å². The van der Waals surface area contributed by atoms with Gasteiger partial charge in [-0.3, -0.25) is 15.6 Å². The second-order valence-electron chi connectivity index (χ2n) is 4.50. The molecule has 4 N–H and O–H groups in total. The van der Waals surface area contributed by atoms with Gasteiger partial charge in [0.05, 0.1) is 13.2 Å². The molecule has 1 aromatic rings. The predicted molar refractivity (Wildman–Crippen MR) is 87.1 cm³/mol. The minimum absolute atomic E-state index is 0.189. The van der Waals surface area contributed by atoms with Gasteiger partial charge in [0.1, 0.15) is 0 Å². The Bertz CT molecular complexity index is 496. The van der Waals surface area contributed by atoms with Gasteiger partial charge in [0, 0.05) is 32.9 Å². The molecule has 0 saturated heterocycles. The van der Waals surface area contributed by atoms with E-state index in [0.717, 1.165) is 0 Å². The maximum absolute atomic E-state index is 11.5. The predicted octanol–water partition coefficient (Wildman–Crippen LogP) is 0.00740. The van der Waals surface area contributed by atoms with Gasteiger partial charge in [-0.1, -0.05) is 6.58 Å². The molecule has 0 saturated carbocycles. The van der Waals surface area contributed by atoms with E-state index in [1.54, 1.807) is 21.1 Å². The van der Waals surface area contributed by atoms with Crippen LogP contribution in [0.4, 0.5) is 17.8 Å². The van der Waals surface area contributed by atoms with E-state index in [0.29, 0.717) is 43.8 Å². The maximum Gasteiger partial charge on any atom is 0.264 e. The summed E-state index contributed by atoms with van der Waals surface area (Å²) in [5, 5.41) is 6.00. The Morgan fingerprint density at radius 3 is 1.91 bits per heavy atom. The summed E-state index contributed by atoms with van der Waals surface area (Å²) in [4.78, 5) is 24.0. The van der Waals surface area contributed by atoms with Crippen molar-refractivity contribution < 1.29 is 14.3 Å². The molecule has 1 aromatic heterocycles. The molecule has 0 aromatic carbocycles. The Morgan fingerprint density at radius 1 is 1.00 bits per heavy atom. The first-order valence-corrected chi connectivity index (χ1v) is 7.00. The molecule has 0 atom stereocenters. The molecule has 0 radical (unpaired) electrons. The number of nitrogens with one attached hydrogen (secondary N) is 4. The fourth-order valence-electron chi connectivity index (χ4n) is 1.34. The Morgan fingerprint density at radius 2 is 1.48 bits per heavy atom. The molecule has 1 heterocycles. The first kappa shape index (κ1) is 18.6. The number of aromatic nitrogens is 3. The second kappa shape index (κ2) is 10.3. The largest absolute Gasteiger partial charge is 0.383 e. The van der Waals surface area contributed by atoms with Crippen molar-refractivity contribution in [1.29, 1.82) is 0 Å². The first-order valence-electron chi connectivity index (χ1n) is 7.00. The van der Waals surface area contributed by atoms with E-state index < -0.39 is 0 Å². The zero-order chi connectivity index (χ0) is 17.1. The second-order valence-corrected chi connectivity index (χ2v) is 4.50. The molecule has 0 aliphatic heterocycles. The van der Waals surface area contributed by atoms with Crippen molar-refractivity contribution in [2.45, 2.75) is 6.92 Å². The van der Waals surface area contributed by atoms with Crippen LogP contribution in [0.1, 0.15) is 6.92 Å². The van der Waals surface area contributed by atoms with Crippen LogP contribution < -0.4 is 21.5 Å². The highest BCUT2D eigenvalue weighted by atomic mass is 16.5. The van der Waals surface area contributed by atoms with E-state index in [2.05, 4.69) is 43.0 Å². The van der Waals surface area contributed by atoms with Crippen LogP contribution in [0.3, 0.4) is 0 Å². The number of carbonyl (C=O) groups excluding carboxylic acids is 1. The third-order valence-electron chi connectivity index (χ3n) is 2.49. The summed E-state index contributed by atoms with van der Waals surface area (Å²) in [7, 11) is 3.21. The van der Waals surface area contributed by atoms with Crippen LogP contribution in [0.5, 0.6) is 0 Å². The van der Waals surface area contributed by atoms with Crippen molar-refractivity contribution in [3.63, 3.8) is 0 Å². The molecular formula is C13H23N7O3. The molecule has 0 fully saturated rings. The van der Waals surface area contributed by atoms with Crippen molar-refractivity contribution >= 4 is 23.8 Å². The highest BCUT2D eigenvalue weighted by Gasteiger charge is 2.08. The van der Waals surface area contributed by atoms with Gasteiger partial charge >= 0.3 is 0 Å². The molecule has 1 amide bonds. The van der Waals surface area contributed by atoms with E-state index in [9.17, 15) is 4.79 Å². The average molecular weight is 325 g/mol. The van der Waals surface area contributed by atoms with Gasteiger partial charge in [0.25, 0.3) is 5.91 Å². The zero-order valence-electron chi connectivity index (χ0n) is 13.6. The van der Waals surface area contributed by atoms with E-state index in [1.165, 1.54) is 0 Å². The molecule has 1 rings (SSSR count). The lowest BCUT2D eigenvalue weighted by Gasteiger charge is -2.11. The molecule has 0 aliphatic carbocycles. The van der Waals surface area contributed by atoms with Gasteiger partial charge in [-0.2, -0.15) is 15.0 Å².